The van der Waals surface area contributed by atoms with Crippen LogP contribution in [-0.2, 0) is 0 Å². The fourth-order valence-corrected chi connectivity index (χ4v) is 3.39. The molecule has 5 nitrogen and oxygen atoms in total. The van der Waals surface area contributed by atoms with Crippen molar-refractivity contribution in [3.63, 3.8) is 0 Å². The Morgan fingerprint density at radius 1 is 1.30 bits per heavy atom. The van der Waals surface area contributed by atoms with E-state index in [1.807, 2.05) is 31.1 Å². The number of carbonyl (C=O) groups is 1. The van der Waals surface area contributed by atoms with Gasteiger partial charge in [-0.3, -0.25) is 9.69 Å². The molecule has 0 aliphatic carbocycles. The maximum absolute atomic E-state index is 12.7. The largest absolute Gasteiger partial charge is 0.459 e. The Hall–Kier alpha value is -1.89. The van der Waals surface area contributed by atoms with Gasteiger partial charge in [-0.15, -0.1) is 0 Å². The molecular formula is C16H16ClN3O2S. The average Bonchev–Trinajstić information content (AvgIpc) is 3.15. The van der Waals surface area contributed by atoms with Crippen LogP contribution in [0.3, 0.4) is 0 Å². The Kier molecular flexibility index (Phi) is 4.66. The molecule has 0 aliphatic heterocycles. The summed E-state index contributed by atoms with van der Waals surface area (Å²) in [5, 5.41) is 1.30. The van der Waals surface area contributed by atoms with E-state index in [1.54, 1.807) is 23.1 Å². The molecule has 0 fully saturated rings. The van der Waals surface area contributed by atoms with Gasteiger partial charge in [-0.25, -0.2) is 4.98 Å². The maximum atomic E-state index is 12.7. The molecule has 120 valence electrons. The summed E-state index contributed by atoms with van der Waals surface area (Å²) in [4.78, 5) is 21.0. The summed E-state index contributed by atoms with van der Waals surface area (Å²) in [6, 6.07) is 8.88. The molecule has 0 atom stereocenters. The average molecular weight is 350 g/mol. The van der Waals surface area contributed by atoms with Crippen LogP contribution in [0, 0.1) is 0 Å². The highest BCUT2D eigenvalue weighted by Crippen LogP contribution is 2.31. The smallest absolute Gasteiger partial charge is 0.295 e. The number of nitrogens with zero attached hydrogens (tertiary/aromatic N) is 3. The molecule has 0 N–H and O–H groups in total. The van der Waals surface area contributed by atoms with Crippen LogP contribution in [0.2, 0.25) is 5.02 Å². The molecular weight excluding hydrogens is 334 g/mol. The van der Waals surface area contributed by atoms with Crippen molar-refractivity contribution in [1.29, 1.82) is 0 Å². The summed E-state index contributed by atoms with van der Waals surface area (Å²) in [7, 11) is 3.93. The van der Waals surface area contributed by atoms with E-state index in [2.05, 4.69) is 4.98 Å². The molecule has 2 heterocycles. The predicted molar refractivity (Wildman–Crippen MR) is 93.6 cm³/mol. The van der Waals surface area contributed by atoms with Crippen LogP contribution in [0.25, 0.3) is 10.2 Å². The van der Waals surface area contributed by atoms with E-state index in [0.29, 0.717) is 22.5 Å². The lowest BCUT2D eigenvalue weighted by Gasteiger charge is -2.20. The highest BCUT2D eigenvalue weighted by atomic mass is 35.5. The number of benzene rings is 1. The summed E-state index contributed by atoms with van der Waals surface area (Å²) in [5.74, 6) is 0.114. The topological polar surface area (TPSA) is 49.6 Å². The fraction of sp³-hybridized carbons (Fsp3) is 0.250. The number of halogens is 1. The van der Waals surface area contributed by atoms with Crippen molar-refractivity contribution in [3.05, 3.63) is 47.4 Å². The first-order valence-corrected chi connectivity index (χ1v) is 8.30. The van der Waals surface area contributed by atoms with E-state index in [-0.39, 0.29) is 5.91 Å². The lowest BCUT2D eigenvalue weighted by molar-refractivity contribution is 0.0958. The molecule has 2 aromatic heterocycles. The highest BCUT2D eigenvalue weighted by molar-refractivity contribution is 7.22. The molecule has 3 aromatic rings. The molecule has 7 heteroatoms. The summed E-state index contributed by atoms with van der Waals surface area (Å²) >= 11 is 7.48. The van der Waals surface area contributed by atoms with Gasteiger partial charge in [-0.2, -0.15) is 0 Å². The second kappa shape index (κ2) is 6.70. The first kappa shape index (κ1) is 16.0. The van der Waals surface area contributed by atoms with Gasteiger partial charge in [0, 0.05) is 18.1 Å². The zero-order valence-electron chi connectivity index (χ0n) is 12.8. The van der Waals surface area contributed by atoms with Gasteiger partial charge in [0.1, 0.15) is 0 Å². The van der Waals surface area contributed by atoms with Crippen molar-refractivity contribution < 1.29 is 9.21 Å². The quantitative estimate of drug-likeness (QED) is 0.704. The first-order valence-electron chi connectivity index (χ1n) is 7.11. The van der Waals surface area contributed by atoms with Gasteiger partial charge >= 0.3 is 0 Å². The number of hydrogen-bond donors (Lipinski definition) is 0. The van der Waals surface area contributed by atoms with Crippen LogP contribution < -0.4 is 4.90 Å². The molecule has 1 aromatic carbocycles. The molecule has 3 rings (SSSR count). The Morgan fingerprint density at radius 2 is 2.13 bits per heavy atom. The molecule has 0 saturated heterocycles. The zero-order valence-corrected chi connectivity index (χ0v) is 14.4. The standard InChI is InChI=1S/C16H16ClN3O2S/c1-19(2)7-8-20(15(21)13-4-3-9-22-13)16-18-12-6-5-11(17)10-14(12)23-16/h3-6,9-10H,7-8H2,1-2H3. The van der Waals surface area contributed by atoms with Crippen LogP contribution in [0.15, 0.2) is 41.0 Å². The fourth-order valence-electron chi connectivity index (χ4n) is 2.12. The van der Waals surface area contributed by atoms with Crippen molar-refractivity contribution in [2.75, 3.05) is 32.1 Å². The number of anilines is 1. The highest BCUT2D eigenvalue weighted by Gasteiger charge is 2.23. The van der Waals surface area contributed by atoms with Crippen molar-refractivity contribution in [2.24, 2.45) is 0 Å². The van der Waals surface area contributed by atoms with Gasteiger partial charge in [-0.1, -0.05) is 22.9 Å². The summed E-state index contributed by atoms with van der Waals surface area (Å²) < 4.78 is 6.20. The van der Waals surface area contributed by atoms with E-state index in [4.69, 9.17) is 16.0 Å². The monoisotopic (exact) mass is 349 g/mol. The van der Waals surface area contributed by atoms with Gasteiger partial charge in [0.05, 0.1) is 16.5 Å². The van der Waals surface area contributed by atoms with E-state index in [9.17, 15) is 4.79 Å². The van der Waals surface area contributed by atoms with Crippen LogP contribution in [0.5, 0.6) is 0 Å². The summed E-state index contributed by atoms with van der Waals surface area (Å²) in [5.41, 5.74) is 0.830. The van der Waals surface area contributed by atoms with Gasteiger partial charge in [0.25, 0.3) is 5.91 Å². The lowest BCUT2D eigenvalue weighted by atomic mass is 10.3. The second-order valence-electron chi connectivity index (χ2n) is 5.35. The van der Waals surface area contributed by atoms with Gasteiger partial charge in [-0.05, 0) is 44.4 Å². The number of carbonyl (C=O) groups excluding carboxylic acids is 1. The number of aromatic nitrogens is 1. The molecule has 0 radical (unpaired) electrons. The normalized spacial score (nSPS) is 11.3. The van der Waals surface area contributed by atoms with Crippen molar-refractivity contribution >= 4 is 44.2 Å². The predicted octanol–water partition coefficient (Wildman–Crippen LogP) is 3.75. The Bertz CT molecular complexity index is 814. The minimum atomic E-state index is -0.193. The molecule has 0 saturated carbocycles. The van der Waals surface area contributed by atoms with E-state index >= 15 is 0 Å². The van der Waals surface area contributed by atoms with Crippen LogP contribution in [0.1, 0.15) is 10.6 Å². The Labute approximate surface area is 143 Å². The van der Waals surface area contributed by atoms with Crippen molar-refractivity contribution in [2.45, 2.75) is 0 Å². The third-order valence-corrected chi connectivity index (χ3v) is 4.59. The third-order valence-electron chi connectivity index (χ3n) is 3.32. The Balaban J connectivity index is 1.96. The number of likely N-dealkylation sites (N-methyl/N-ethyl adjacent to an activating group) is 1. The van der Waals surface area contributed by atoms with Crippen LogP contribution in [0.4, 0.5) is 5.13 Å². The number of amides is 1. The Morgan fingerprint density at radius 3 is 2.83 bits per heavy atom. The summed E-state index contributed by atoms with van der Waals surface area (Å²) in [6.45, 7) is 1.25. The van der Waals surface area contributed by atoms with Gasteiger partial charge < -0.3 is 9.32 Å². The SMILES string of the molecule is CN(C)CCN(C(=O)c1ccco1)c1nc2ccc(Cl)cc2s1. The number of thiazole rings is 1. The molecule has 0 aliphatic rings. The zero-order chi connectivity index (χ0) is 16.4. The summed E-state index contributed by atoms with van der Waals surface area (Å²) in [6.07, 6.45) is 1.50. The molecule has 0 spiro atoms. The van der Waals surface area contributed by atoms with Crippen molar-refractivity contribution in [1.82, 2.24) is 9.88 Å². The maximum Gasteiger partial charge on any atom is 0.295 e. The van der Waals surface area contributed by atoms with Gasteiger partial charge in [0.2, 0.25) is 0 Å². The minimum absolute atomic E-state index is 0.193. The number of furan rings is 1. The van der Waals surface area contributed by atoms with Gasteiger partial charge in [0.15, 0.2) is 10.9 Å². The third kappa shape index (κ3) is 3.55. The molecule has 1 amide bonds. The number of fused-ring (bicyclic) bond motifs is 1. The van der Waals surface area contributed by atoms with E-state index in [1.165, 1.54) is 17.6 Å². The number of hydrogen-bond acceptors (Lipinski definition) is 5. The van der Waals surface area contributed by atoms with Crippen LogP contribution >= 0.6 is 22.9 Å². The van der Waals surface area contributed by atoms with Crippen molar-refractivity contribution in [3.8, 4) is 0 Å². The molecule has 0 unspecified atom stereocenters. The lowest BCUT2D eigenvalue weighted by Crippen LogP contribution is -2.36. The van der Waals surface area contributed by atoms with E-state index in [0.717, 1.165) is 16.8 Å². The minimum Gasteiger partial charge on any atom is -0.459 e. The van der Waals surface area contributed by atoms with Crippen LogP contribution in [-0.4, -0.2) is 43.0 Å². The molecule has 23 heavy (non-hydrogen) atoms. The first-order chi connectivity index (χ1) is 11.0. The second-order valence-corrected chi connectivity index (χ2v) is 6.79. The number of rotatable bonds is 5. The van der Waals surface area contributed by atoms with E-state index < -0.39 is 0 Å². The molecule has 0 bridgehead atoms.